The maximum atomic E-state index is 12.2. The van der Waals surface area contributed by atoms with Gasteiger partial charge in [0.05, 0.1) is 12.7 Å². The fraction of sp³-hybridized carbons (Fsp3) is 0.588. The first-order valence-electron chi connectivity index (χ1n) is 7.62. The summed E-state index contributed by atoms with van der Waals surface area (Å²) in [5.74, 6) is 0.895. The van der Waals surface area contributed by atoms with Crippen LogP contribution in [0.2, 0.25) is 0 Å². The highest BCUT2D eigenvalue weighted by Crippen LogP contribution is 2.30. The van der Waals surface area contributed by atoms with Crippen LogP contribution in [0.1, 0.15) is 37.7 Å². The standard InChI is InChI=1S/C17H25NO3/c1-18(13-17(20)10-3-4-11-17)16(19)9-8-14-6-5-7-15(12-14)21-2/h5-7,12,20H,3-4,8-11,13H2,1-2H3. The fourth-order valence-electron chi connectivity index (χ4n) is 2.99. The molecule has 0 aromatic heterocycles. The predicted octanol–water partition coefficient (Wildman–Crippen LogP) is 2.39. The van der Waals surface area contributed by atoms with Crippen LogP contribution in [0.3, 0.4) is 0 Å². The largest absolute Gasteiger partial charge is 0.497 e. The molecule has 2 rings (SSSR count). The fourth-order valence-corrected chi connectivity index (χ4v) is 2.99. The van der Waals surface area contributed by atoms with Gasteiger partial charge in [-0.05, 0) is 37.0 Å². The van der Waals surface area contributed by atoms with Crippen molar-refractivity contribution in [3.8, 4) is 5.75 Å². The summed E-state index contributed by atoms with van der Waals surface area (Å²) in [6, 6.07) is 7.79. The van der Waals surface area contributed by atoms with Crippen molar-refractivity contribution in [3.05, 3.63) is 29.8 Å². The van der Waals surface area contributed by atoms with Gasteiger partial charge in [-0.25, -0.2) is 0 Å². The monoisotopic (exact) mass is 291 g/mol. The van der Waals surface area contributed by atoms with Crippen molar-refractivity contribution in [1.29, 1.82) is 0 Å². The molecule has 0 spiro atoms. The zero-order valence-electron chi connectivity index (χ0n) is 13.0. The molecule has 4 heteroatoms. The average molecular weight is 291 g/mol. The number of aryl methyl sites for hydroxylation is 1. The Kier molecular flexibility index (Phi) is 5.23. The van der Waals surface area contributed by atoms with Crippen molar-refractivity contribution in [2.24, 2.45) is 0 Å². The molecule has 1 amide bonds. The minimum absolute atomic E-state index is 0.0816. The highest BCUT2D eigenvalue weighted by Gasteiger charge is 2.33. The van der Waals surface area contributed by atoms with Crippen molar-refractivity contribution in [2.45, 2.75) is 44.1 Å². The van der Waals surface area contributed by atoms with Crippen LogP contribution in [-0.2, 0) is 11.2 Å². The summed E-state index contributed by atoms with van der Waals surface area (Å²) >= 11 is 0. The molecular formula is C17H25NO3. The van der Waals surface area contributed by atoms with Crippen LogP contribution in [-0.4, -0.2) is 42.2 Å². The maximum absolute atomic E-state index is 12.2. The van der Waals surface area contributed by atoms with Gasteiger partial charge in [-0.15, -0.1) is 0 Å². The summed E-state index contributed by atoms with van der Waals surface area (Å²) < 4.78 is 5.18. The van der Waals surface area contributed by atoms with Gasteiger partial charge in [-0.3, -0.25) is 4.79 Å². The highest BCUT2D eigenvalue weighted by molar-refractivity contribution is 5.76. The Hall–Kier alpha value is -1.55. The number of likely N-dealkylation sites (N-methyl/N-ethyl adjacent to an activating group) is 1. The summed E-state index contributed by atoms with van der Waals surface area (Å²) in [4.78, 5) is 13.9. The lowest BCUT2D eigenvalue weighted by Gasteiger charge is -2.28. The third-order valence-electron chi connectivity index (χ3n) is 4.25. The average Bonchev–Trinajstić information content (AvgIpc) is 2.91. The van der Waals surface area contributed by atoms with Gasteiger partial charge in [0.1, 0.15) is 5.75 Å². The normalized spacial score (nSPS) is 16.7. The third-order valence-corrected chi connectivity index (χ3v) is 4.25. The van der Waals surface area contributed by atoms with E-state index in [9.17, 15) is 9.90 Å². The van der Waals surface area contributed by atoms with E-state index in [2.05, 4.69) is 0 Å². The van der Waals surface area contributed by atoms with Crippen LogP contribution in [0.5, 0.6) is 5.75 Å². The van der Waals surface area contributed by atoms with Crippen molar-refractivity contribution in [1.82, 2.24) is 4.90 Å². The van der Waals surface area contributed by atoms with Crippen LogP contribution < -0.4 is 4.74 Å². The Morgan fingerprint density at radius 1 is 1.38 bits per heavy atom. The van der Waals surface area contributed by atoms with E-state index in [1.165, 1.54) is 0 Å². The molecule has 0 unspecified atom stereocenters. The smallest absolute Gasteiger partial charge is 0.222 e. The van der Waals surface area contributed by atoms with Crippen LogP contribution in [0.4, 0.5) is 0 Å². The lowest BCUT2D eigenvalue weighted by molar-refractivity contribution is -0.133. The van der Waals surface area contributed by atoms with E-state index in [4.69, 9.17) is 4.74 Å². The van der Waals surface area contributed by atoms with E-state index in [-0.39, 0.29) is 5.91 Å². The number of rotatable bonds is 6. The number of carbonyl (C=O) groups is 1. The summed E-state index contributed by atoms with van der Waals surface area (Å²) in [6.07, 6.45) is 4.88. The Bertz CT molecular complexity index is 481. The van der Waals surface area contributed by atoms with Gasteiger partial charge in [0, 0.05) is 20.0 Å². The molecule has 1 aromatic carbocycles. The second kappa shape index (κ2) is 6.94. The van der Waals surface area contributed by atoms with Crippen LogP contribution >= 0.6 is 0 Å². The van der Waals surface area contributed by atoms with Crippen LogP contribution in [0.15, 0.2) is 24.3 Å². The Morgan fingerprint density at radius 3 is 2.76 bits per heavy atom. The molecule has 116 valence electrons. The molecule has 0 aliphatic heterocycles. The minimum Gasteiger partial charge on any atom is -0.497 e. The third kappa shape index (κ3) is 4.46. The minimum atomic E-state index is -0.666. The number of hydrogen-bond donors (Lipinski definition) is 1. The number of methoxy groups -OCH3 is 1. The first-order valence-corrected chi connectivity index (χ1v) is 7.62. The predicted molar refractivity (Wildman–Crippen MR) is 82.4 cm³/mol. The summed E-state index contributed by atoms with van der Waals surface area (Å²) in [6.45, 7) is 0.448. The number of benzene rings is 1. The second-order valence-electron chi connectivity index (χ2n) is 6.03. The molecule has 0 saturated heterocycles. The Morgan fingerprint density at radius 2 is 2.10 bits per heavy atom. The molecule has 0 radical (unpaired) electrons. The molecule has 0 bridgehead atoms. The number of carbonyl (C=O) groups excluding carboxylic acids is 1. The molecule has 0 atom stereocenters. The quantitative estimate of drug-likeness (QED) is 0.875. The molecule has 4 nitrogen and oxygen atoms in total. The van der Waals surface area contributed by atoms with Crippen molar-refractivity contribution in [2.75, 3.05) is 20.7 Å². The number of aliphatic hydroxyl groups is 1. The number of amides is 1. The molecule has 1 aromatic rings. The van der Waals surface area contributed by atoms with E-state index >= 15 is 0 Å². The Labute approximate surface area is 126 Å². The van der Waals surface area contributed by atoms with E-state index in [1.54, 1.807) is 19.1 Å². The molecule has 1 aliphatic carbocycles. The van der Waals surface area contributed by atoms with Crippen molar-refractivity contribution < 1.29 is 14.6 Å². The lowest BCUT2D eigenvalue weighted by atomic mass is 10.0. The zero-order valence-corrected chi connectivity index (χ0v) is 13.0. The molecule has 1 aliphatic rings. The van der Waals surface area contributed by atoms with Crippen LogP contribution in [0.25, 0.3) is 0 Å². The second-order valence-corrected chi connectivity index (χ2v) is 6.03. The van der Waals surface area contributed by atoms with Gasteiger partial charge >= 0.3 is 0 Å². The van der Waals surface area contributed by atoms with Crippen molar-refractivity contribution in [3.63, 3.8) is 0 Å². The van der Waals surface area contributed by atoms with E-state index < -0.39 is 5.60 Å². The number of nitrogens with zero attached hydrogens (tertiary/aromatic N) is 1. The zero-order chi connectivity index (χ0) is 15.3. The first-order chi connectivity index (χ1) is 10.0. The van der Waals surface area contributed by atoms with Gasteiger partial charge in [0.2, 0.25) is 5.91 Å². The molecule has 1 fully saturated rings. The molecule has 21 heavy (non-hydrogen) atoms. The van der Waals surface area contributed by atoms with Crippen LogP contribution in [0, 0.1) is 0 Å². The Balaban J connectivity index is 1.83. The van der Waals surface area contributed by atoms with Gasteiger partial charge in [0.25, 0.3) is 0 Å². The molecule has 0 heterocycles. The van der Waals surface area contributed by atoms with Crippen molar-refractivity contribution >= 4 is 5.91 Å². The lowest BCUT2D eigenvalue weighted by Crippen LogP contribution is -2.42. The number of ether oxygens (including phenoxy) is 1. The SMILES string of the molecule is COc1cccc(CCC(=O)N(C)CC2(O)CCCC2)c1. The molecule has 1 N–H and O–H groups in total. The highest BCUT2D eigenvalue weighted by atomic mass is 16.5. The van der Waals surface area contributed by atoms with Gasteiger partial charge in [-0.2, -0.15) is 0 Å². The summed E-state index contributed by atoms with van der Waals surface area (Å²) in [5.41, 5.74) is 0.427. The van der Waals surface area contributed by atoms with E-state index in [0.29, 0.717) is 19.4 Å². The first kappa shape index (κ1) is 15.8. The molecular weight excluding hydrogens is 266 g/mol. The van der Waals surface area contributed by atoms with Gasteiger partial charge < -0.3 is 14.7 Å². The number of hydrogen-bond acceptors (Lipinski definition) is 3. The summed E-state index contributed by atoms with van der Waals surface area (Å²) in [7, 11) is 3.42. The topological polar surface area (TPSA) is 49.8 Å². The van der Waals surface area contributed by atoms with Gasteiger partial charge in [-0.1, -0.05) is 25.0 Å². The maximum Gasteiger partial charge on any atom is 0.222 e. The summed E-state index contributed by atoms with van der Waals surface area (Å²) in [5, 5.41) is 10.4. The van der Waals surface area contributed by atoms with E-state index in [1.807, 2.05) is 24.3 Å². The molecule has 1 saturated carbocycles. The van der Waals surface area contributed by atoms with Gasteiger partial charge in [0.15, 0.2) is 0 Å². The van der Waals surface area contributed by atoms with E-state index in [0.717, 1.165) is 37.0 Å².